The Kier molecular flexibility index (Phi) is 7.31. The third-order valence-electron chi connectivity index (χ3n) is 14.9. The second kappa shape index (κ2) is 13.5. The highest BCUT2D eigenvalue weighted by molar-refractivity contribution is 6.38. The van der Waals surface area contributed by atoms with Gasteiger partial charge in [0.1, 0.15) is 0 Å². The van der Waals surface area contributed by atoms with Gasteiger partial charge in [0.25, 0.3) is 0 Å². The van der Waals surface area contributed by atoms with E-state index in [0.717, 1.165) is 0 Å². The van der Waals surface area contributed by atoms with Gasteiger partial charge in [-0.2, -0.15) is 0 Å². The molecule has 0 nitrogen and oxygen atoms in total. The van der Waals surface area contributed by atoms with E-state index in [1.165, 1.54) is 153 Å². The maximum Gasteiger partial charge on any atom is -0.000696 e. The van der Waals surface area contributed by atoms with Gasteiger partial charge in [0, 0.05) is 0 Å². The molecular formula is C66H38. The molecule has 1 aliphatic carbocycles. The smallest absolute Gasteiger partial charge is 0.000696 e. The Hall–Kier alpha value is -8.58. The van der Waals surface area contributed by atoms with Crippen molar-refractivity contribution >= 4 is 86.2 Å². The van der Waals surface area contributed by atoms with Crippen LogP contribution < -0.4 is 0 Å². The van der Waals surface area contributed by atoms with Crippen LogP contribution in [0.3, 0.4) is 0 Å². The molecule has 302 valence electrons. The van der Waals surface area contributed by atoms with E-state index in [1.54, 1.807) is 0 Å². The second-order valence-electron chi connectivity index (χ2n) is 18.2. The zero-order chi connectivity index (χ0) is 43.0. The lowest BCUT2D eigenvalue weighted by Crippen LogP contribution is -1.97. The highest BCUT2D eigenvalue weighted by atomic mass is 14.4. The Balaban J connectivity index is 1.23. The van der Waals surface area contributed by atoms with E-state index >= 15 is 0 Å². The number of fused-ring (bicyclic) bond motifs is 11. The summed E-state index contributed by atoms with van der Waals surface area (Å²) in [6, 6.07) is 86.9. The van der Waals surface area contributed by atoms with E-state index in [9.17, 15) is 0 Å². The molecule has 0 saturated carbocycles. The van der Waals surface area contributed by atoms with Gasteiger partial charge < -0.3 is 0 Å². The lowest BCUT2D eigenvalue weighted by molar-refractivity contribution is 1.59. The molecule has 66 heavy (non-hydrogen) atoms. The van der Waals surface area contributed by atoms with E-state index < -0.39 is 0 Å². The molecule has 14 aromatic rings. The minimum absolute atomic E-state index is 1.21. The predicted molar refractivity (Wildman–Crippen MR) is 284 cm³/mol. The zero-order valence-electron chi connectivity index (χ0n) is 35.9. The molecule has 0 spiro atoms. The quantitative estimate of drug-likeness (QED) is 0.122. The van der Waals surface area contributed by atoms with E-state index in [4.69, 9.17) is 0 Å². The molecule has 14 aromatic carbocycles. The van der Waals surface area contributed by atoms with E-state index in [2.05, 4.69) is 231 Å². The molecule has 0 atom stereocenters. The predicted octanol–water partition coefficient (Wildman–Crippen LogP) is 18.7. The lowest BCUT2D eigenvalue weighted by atomic mass is 9.78. The fourth-order valence-corrected chi connectivity index (χ4v) is 12.1. The van der Waals surface area contributed by atoms with Gasteiger partial charge in [-0.05, 0) is 183 Å². The lowest BCUT2D eigenvalue weighted by Gasteiger charge is -2.24. The molecule has 1 aliphatic rings. The van der Waals surface area contributed by atoms with E-state index in [0.29, 0.717) is 0 Å². The van der Waals surface area contributed by atoms with Crippen LogP contribution in [0.5, 0.6) is 0 Å². The molecule has 0 aliphatic heterocycles. The third kappa shape index (κ3) is 4.88. The molecule has 0 aromatic heterocycles. The van der Waals surface area contributed by atoms with Crippen LogP contribution in [0.4, 0.5) is 0 Å². The Morgan fingerprint density at radius 2 is 0.591 bits per heavy atom. The van der Waals surface area contributed by atoms with Gasteiger partial charge in [-0.25, -0.2) is 0 Å². The molecular weight excluding hydrogens is 793 g/mol. The van der Waals surface area contributed by atoms with Crippen molar-refractivity contribution in [2.45, 2.75) is 0 Å². The van der Waals surface area contributed by atoms with E-state index in [1.807, 2.05) is 0 Å². The first-order valence-electron chi connectivity index (χ1n) is 23.1. The largest absolute Gasteiger partial charge is 0.0622 e. The molecule has 0 heterocycles. The standard InChI is InChI=1S/C66H38/c1-3-16-39(17-4-1)46-24-9-13-28-50(46)62-57-37-55-49-27-12-11-26-48(49)53-34-43-20-7-8-21-44(43)35-54(53)56(55)38-58(57)63(51-29-14-10-25-47(51)40-18-5-2-6-19-40)66-59-36-45-23-15-22-41-30-31-42-32-33-52(65(62)66)64(59)61(42)60(41)45/h1-38H. The van der Waals surface area contributed by atoms with Crippen LogP contribution in [0.2, 0.25) is 0 Å². The Bertz CT molecular complexity index is 4370. The number of rotatable bonds is 4. The minimum Gasteiger partial charge on any atom is -0.0622 e. The topological polar surface area (TPSA) is 0 Å². The van der Waals surface area contributed by atoms with Gasteiger partial charge in [-0.15, -0.1) is 0 Å². The maximum absolute atomic E-state index is 2.58. The third-order valence-corrected chi connectivity index (χ3v) is 14.9. The van der Waals surface area contributed by atoms with Crippen molar-refractivity contribution in [2.75, 3.05) is 0 Å². The summed E-state index contributed by atoms with van der Waals surface area (Å²) < 4.78 is 0. The van der Waals surface area contributed by atoms with Crippen molar-refractivity contribution in [1.82, 2.24) is 0 Å². The Morgan fingerprint density at radius 1 is 0.167 bits per heavy atom. The van der Waals surface area contributed by atoms with Crippen LogP contribution in [0.25, 0.3) is 153 Å². The van der Waals surface area contributed by atoms with Crippen LogP contribution >= 0.6 is 0 Å². The van der Waals surface area contributed by atoms with Crippen LogP contribution in [-0.4, -0.2) is 0 Å². The molecule has 0 heteroatoms. The second-order valence-corrected chi connectivity index (χ2v) is 18.2. The molecule has 0 saturated heterocycles. The summed E-state index contributed by atoms with van der Waals surface area (Å²) in [6.07, 6.45) is 0. The fourth-order valence-electron chi connectivity index (χ4n) is 12.1. The van der Waals surface area contributed by atoms with Crippen LogP contribution in [0.1, 0.15) is 0 Å². The Morgan fingerprint density at radius 3 is 1.20 bits per heavy atom. The first kappa shape index (κ1) is 35.8. The van der Waals surface area contributed by atoms with Crippen molar-refractivity contribution in [1.29, 1.82) is 0 Å². The Labute approximate surface area is 381 Å². The monoisotopic (exact) mass is 830 g/mol. The number of hydrogen-bond acceptors (Lipinski definition) is 0. The fraction of sp³-hybridized carbons (Fsp3) is 0. The van der Waals surface area contributed by atoms with E-state index in [-0.39, 0.29) is 0 Å². The highest BCUT2D eigenvalue weighted by Crippen LogP contribution is 2.61. The molecule has 0 unspecified atom stereocenters. The molecule has 0 fully saturated rings. The van der Waals surface area contributed by atoms with Crippen molar-refractivity contribution in [3.05, 3.63) is 231 Å². The summed E-state index contributed by atoms with van der Waals surface area (Å²) in [5, 5.41) is 20.6. The average molecular weight is 831 g/mol. The summed E-state index contributed by atoms with van der Waals surface area (Å²) in [5.74, 6) is 0. The number of hydrogen-bond donors (Lipinski definition) is 0. The summed E-state index contributed by atoms with van der Waals surface area (Å²) in [4.78, 5) is 0. The average Bonchev–Trinajstić information content (AvgIpc) is 3.71. The molecule has 0 N–H and O–H groups in total. The highest BCUT2D eigenvalue weighted by Gasteiger charge is 2.34. The molecule has 0 amide bonds. The van der Waals surface area contributed by atoms with Crippen LogP contribution in [0.15, 0.2) is 231 Å². The zero-order valence-corrected chi connectivity index (χ0v) is 35.9. The summed E-state index contributed by atoms with van der Waals surface area (Å²) in [7, 11) is 0. The minimum atomic E-state index is 1.21. The van der Waals surface area contributed by atoms with Crippen LogP contribution in [0, 0.1) is 0 Å². The molecule has 15 rings (SSSR count). The summed E-state index contributed by atoms with van der Waals surface area (Å²) >= 11 is 0. The van der Waals surface area contributed by atoms with Crippen molar-refractivity contribution in [3.63, 3.8) is 0 Å². The first-order chi connectivity index (χ1) is 32.8. The van der Waals surface area contributed by atoms with Crippen molar-refractivity contribution in [3.8, 4) is 66.8 Å². The van der Waals surface area contributed by atoms with Gasteiger partial charge in [-0.3, -0.25) is 0 Å². The molecule has 0 radical (unpaired) electrons. The van der Waals surface area contributed by atoms with Crippen molar-refractivity contribution < 1.29 is 0 Å². The van der Waals surface area contributed by atoms with Gasteiger partial charge >= 0.3 is 0 Å². The maximum atomic E-state index is 2.58. The van der Waals surface area contributed by atoms with Gasteiger partial charge in [-0.1, -0.05) is 200 Å². The first-order valence-corrected chi connectivity index (χ1v) is 23.1. The van der Waals surface area contributed by atoms with Gasteiger partial charge in [0.15, 0.2) is 0 Å². The van der Waals surface area contributed by atoms with Gasteiger partial charge in [0.05, 0.1) is 0 Å². The van der Waals surface area contributed by atoms with Crippen LogP contribution in [-0.2, 0) is 0 Å². The van der Waals surface area contributed by atoms with Gasteiger partial charge in [0.2, 0.25) is 0 Å². The van der Waals surface area contributed by atoms with Crippen molar-refractivity contribution in [2.24, 2.45) is 0 Å². The normalized spacial score (nSPS) is 12.2. The SMILES string of the molecule is c1ccc(-c2ccccc2-c2c3c(c(-c4ccccc4-c4ccccc4)c4cc5c6cc7ccccc7cc6c6ccccc6c5cc24)-c2cc4cccc5ccc6ccc-3c2c6c54)cc1. The molecule has 0 bridgehead atoms. The summed E-state index contributed by atoms with van der Waals surface area (Å²) in [5.41, 5.74) is 15.2. The number of benzene rings is 14. The summed E-state index contributed by atoms with van der Waals surface area (Å²) in [6.45, 7) is 0.